The number of hydrogen-bond donors (Lipinski definition) is 1. The van der Waals surface area contributed by atoms with Crippen molar-refractivity contribution in [2.45, 2.75) is 11.3 Å². The fraction of sp³-hybridized carbons (Fsp3) is 0.167. The standard InChI is InChI=1S/C12H10Cl2N2OS/c1-18-12-15-10(13)8(11(14)16-12)9(17)7-5-3-2-4-6-7/h2-6,9,17H,1H3/t9-/m1/s1. The van der Waals surface area contributed by atoms with Gasteiger partial charge in [-0.1, -0.05) is 65.3 Å². The van der Waals surface area contributed by atoms with Crippen molar-refractivity contribution in [3.8, 4) is 0 Å². The summed E-state index contributed by atoms with van der Waals surface area (Å²) in [5.41, 5.74) is 1.03. The molecule has 1 atom stereocenters. The van der Waals surface area contributed by atoms with Crippen LogP contribution in [0.2, 0.25) is 10.3 Å². The van der Waals surface area contributed by atoms with Crippen molar-refractivity contribution < 1.29 is 5.11 Å². The van der Waals surface area contributed by atoms with Gasteiger partial charge in [-0.2, -0.15) is 0 Å². The van der Waals surface area contributed by atoms with Crippen molar-refractivity contribution in [3.63, 3.8) is 0 Å². The third-order valence-electron chi connectivity index (χ3n) is 2.40. The minimum Gasteiger partial charge on any atom is -0.383 e. The predicted octanol–water partition coefficient (Wildman–Crippen LogP) is 3.59. The van der Waals surface area contributed by atoms with Crippen LogP contribution in [0.3, 0.4) is 0 Å². The number of rotatable bonds is 3. The van der Waals surface area contributed by atoms with E-state index in [2.05, 4.69) is 9.97 Å². The van der Waals surface area contributed by atoms with E-state index in [0.717, 1.165) is 0 Å². The Kier molecular flexibility index (Phi) is 4.45. The first kappa shape index (κ1) is 13.6. The number of benzene rings is 1. The lowest BCUT2D eigenvalue weighted by Gasteiger charge is -2.14. The molecule has 1 aromatic heterocycles. The summed E-state index contributed by atoms with van der Waals surface area (Å²) in [7, 11) is 0. The van der Waals surface area contributed by atoms with Gasteiger partial charge in [-0.25, -0.2) is 9.97 Å². The smallest absolute Gasteiger partial charge is 0.190 e. The van der Waals surface area contributed by atoms with E-state index in [-0.39, 0.29) is 10.3 Å². The fourth-order valence-corrected chi connectivity index (χ4v) is 2.58. The van der Waals surface area contributed by atoms with E-state index in [9.17, 15) is 5.11 Å². The Morgan fingerprint density at radius 1 is 1.11 bits per heavy atom. The van der Waals surface area contributed by atoms with Crippen LogP contribution in [0.25, 0.3) is 0 Å². The summed E-state index contributed by atoms with van der Waals surface area (Å²) >= 11 is 13.4. The summed E-state index contributed by atoms with van der Waals surface area (Å²) in [6.45, 7) is 0. The van der Waals surface area contributed by atoms with Gasteiger partial charge in [0.1, 0.15) is 16.4 Å². The SMILES string of the molecule is CSc1nc(Cl)c([C@H](O)c2ccccc2)c(Cl)n1. The van der Waals surface area contributed by atoms with Crippen LogP contribution in [0.4, 0.5) is 0 Å². The average Bonchev–Trinajstić information content (AvgIpc) is 2.38. The minimum absolute atomic E-state index is 0.177. The number of halogens is 2. The molecule has 0 bridgehead atoms. The summed E-state index contributed by atoms with van der Waals surface area (Å²) in [5, 5.41) is 11.1. The number of hydrogen-bond acceptors (Lipinski definition) is 4. The highest BCUT2D eigenvalue weighted by molar-refractivity contribution is 7.98. The fourth-order valence-electron chi connectivity index (χ4n) is 1.52. The maximum Gasteiger partial charge on any atom is 0.190 e. The van der Waals surface area contributed by atoms with Crippen molar-refractivity contribution in [2.24, 2.45) is 0 Å². The lowest BCUT2D eigenvalue weighted by molar-refractivity contribution is 0.219. The van der Waals surface area contributed by atoms with Gasteiger partial charge in [0.15, 0.2) is 5.16 Å². The van der Waals surface area contributed by atoms with Crippen LogP contribution in [0, 0.1) is 0 Å². The van der Waals surface area contributed by atoms with E-state index >= 15 is 0 Å². The molecule has 0 saturated carbocycles. The Balaban J connectivity index is 2.45. The summed E-state index contributed by atoms with van der Waals surface area (Å²) in [6.07, 6.45) is 0.900. The molecule has 0 spiro atoms. The maximum atomic E-state index is 10.3. The van der Waals surface area contributed by atoms with Crippen LogP contribution >= 0.6 is 35.0 Å². The molecule has 3 nitrogen and oxygen atoms in total. The van der Waals surface area contributed by atoms with Crippen molar-refractivity contribution in [3.05, 3.63) is 51.8 Å². The molecule has 18 heavy (non-hydrogen) atoms. The molecular formula is C12H10Cl2N2OS. The zero-order valence-electron chi connectivity index (χ0n) is 9.47. The summed E-state index contributed by atoms with van der Waals surface area (Å²) < 4.78 is 0. The first-order valence-electron chi connectivity index (χ1n) is 5.13. The Morgan fingerprint density at radius 3 is 2.17 bits per heavy atom. The van der Waals surface area contributed by atoms with Crippen LogP contribution in [0.1, 0.15) is 17.2 Å². The Morgan fingerprint density at radius 2 is 1.67 bits per heavy atom. The molecule has 0 radical (unpaired) electrons. The molecule has 0 unspecified atom stereocenters. The Hall–Kier alpha value is -0.810. The van der Waals surface area contributed by atoms with E-state index in [1.807, 2.05) is 24.5 Å². The average molecular weight is 301 g/mol. The van der Waals surface area contributed by atoms with E-state index in [4.69, 9.17) is 23.2 Å². The predicted molar refractivity (Wildman–Crippen MR) is 74.3 cm³/mol. The van der Waals surface area contributed by atoms with Gasteiger partial charge in [-0.15, -0.1) is 0 Å². The number of aliphatic hydroxyl groups excluding tert-OH is 1. The molecule has 2 rings (SSSR count). The van der Waals surface area contributed by atoms with Gasteiger partial charge >= 0.3 is 0 Å². The second kappa shape index (κ2) is 5.89. The number of thioether (sulfide) groups is 1. The molecule has 0 aliphatic heterocycles. The van der Waals surface area contributed by atoms with Crippen LogP contribution in [0.15, 0.2) is 35.5 Å². The third kappa shape index (κ3) is 2.78. The van der Waals surface area contributed by atoms with Crippen molar-refractivity contribution in [2.75, 3.05) is 6.26 Å². The maximum absolute atomic E-state index is 10.3. The molecule has 0 amide bonds. The Labute approximate surface area is 119 Å². The number of aliphatic hydroxyl groups is 1. The Bertz CT molecular complexity index is 528. The van der Waals surface area contributed by atoms with Gasteiger partial charge in [0.2, 0.25) is 0 Å². The molecular weight excluding hydrogens is 291 g/mol. The number of aromatic nitrogens is 2. The number of nitrogens with zero attached hydrogens (tertiary/aromatic N) is 2. The molecule has 6 heteroatoms. The molecule has 1 N–H and O–H groups in total. The van der Waals surface area contributed by atoms with Gasteiger partial charge in [-0.3, -0.25) is 0 Å². The normalized spacial score (nSPS) is 12.4. The monoisotopic (exact) mass is 300 g/mol. The van der Waals surface area contributed by atoms with Crippen LogP contribution in [0.5, 0.6) is 0 Å². The third-order valence-corrected chi connectivity index (χ3v) is 3.53. The second-order valence-corrected chi connectivity index (χ2v) is 5.01. The van der Waals surface area contributed by atoms with Gasteiger partial charge in [0.05, 0.1) is 5.56 Å². The summed E-state index contributed by atoms with van der Waals surface area (Å²) in [6, 6.07) is 9.11. The largest absolute Gasteiger partial charge is 0.383 e. The molecule has 0 aliphatic rings. The second-order valence-electron chi connectivity index (χ2n) is 3.52. The van der Waals surface area contributed by atoms with Crippen LogP contribution in [-0.2, 0) is 0 Å². The molecule has 0 saturated heterocycles. The molecule has 94 valence electrons. The first-order chi connectivity index (χ1) is 8.63. The van der Waals surface area contributed by atoms with Crippen molar-refractivity contribution in [1.82, 2.24) is 9.97 Å². The first-order valence-corrected chi connectivity index (χ1v) is 7.11. The van der Waals surface area contributed by atoms with E-state index in [1.165, 1.54) is 11.8 Å². The quantitative estimate of drug-likeness (QED) is 0.534. The molecule has 1 heterocycles. The van der Waals surface area contributed by atoms with Gasteiger partial charge in [-0.05, 0) is 11.8 Å². The topological polar surface area (TPSA) is 46.0 Å². The zero-order chi connectivity index (χ0) is 13.1. The molecule has 0 aliphatic carbocycles. The van der Waals surface area contributed by atoms with Gasteiger partial charge in [0, 0.05) is 0 Å². The zero-order valence-corrected chi connectivity index (χ0v) is 11.8. The van der Waals surface area contributed by atoms with E-state index in [1.54, 1.807) is 12.1 Å². The summed E-state index contributed by atoms with van der Waals surface area (Å²) in [4.78, 5) is 8.14. The highest BCUT2D eigenvalue weighted by atomic mass is 35.5. The van der Waals surface area contributed by atoms with Crippen LogP contribution in [-0.4, -0.2) is 21.3 Å². The molecule has 0 fully saturated rings. The highest BCUT2D eigenvalue weighted by Crippen LogP contribution is 2.33. The lowest BCUT2D eigenvalue weighted by Crippen LogP contribution is -2.05. The van der Waals surface area contributed by atoms with Crippen LogP contribution < -0.4 is 0 Å². The van der Waals surface area contributed by atoms with Gasteiger partial charge in [0.25, 0.3) is 0 Å². The van der Waals surface area contributed by atoms with E-state index < -0.39 is 6.10 Å². The van der Waals surface area contributed by atoms with E-state index in [0.29, 0.717) is 16.3 Å². The minimum atomic E-state index is -0.929. The summed E-state index contributed by atoms with van der Waals surface area (Å²) in [5.74, 6) is 0. The van der Waals surface area contributed by atoms with Gasteiger partial charge < -0.3 is 5.11 Å². The highest BCUT2D eigenvalue weighted by Gasteiger charge is 2.20. The van der Waals surface area contributed by atoms with Crippen molar-refractivity contribution >= 4 is 35.0 Å². The van der Waals surface area contributed by atoms with Crippen molar-refractivity contribution in [1.29, 1.82) is 0 Å². The molecule has 1 aromatic carbocycles. The molecule has 2 aromatic rings. The lowest BCUT2D eigenvalue weighted by atomic mass is 10.0.